The van der Waals surface area contributed by atoms with Gasteiger partial charge in [0, 0.05) is 5.56 Å². The summed E-state index contributed by atoms with van der Waals surface area (Å²) in [6.07, 6.45) is 1.73. The number of thioether (sulfide) groups is 1. The average Bonchev–Trinajstić information content (AvgIpc) is 2.30. The Labute approximate surface area is 92.6 Å². The lowest BCUT2D eigenvalue weighted by Gasteiger charge is -2.01. The summed E-state index contributed by atoms with van der Waals surface area (Å²) >= 11 is 1.19. The molecule has 1 aromatic carbocycles. The molecule has 0 atom stereocenters. The summed E-state index contributed by atoms with van der Waals surface area (Å²) in [5.74, 6) is -0.329. The van der Waals surface area contributed by atoms with Gasteiger partial charge in [0.15, 0.2) is 0 Å². The molecular weight excluding hydrogens is 208 g/mol. The highest BCUT2D eigenvalue weighted by molar-refractivity contribution is 8.02. The Morgan fingerprint density at radius 1 is 1.40 bits per heavy atom. The second-order valence-electron chi connectivity index (χ2n) is 2.75. The second-order valence-corrected chi connectivity index (χ2v) is 3.60. The fourth-order valence-electron chi connectivity index (χ4n) is 1.05. The lowest BCUT2D eigenvalue weighted by molar-refractivity contribution is 0.103. The molecule has 76 valence electrons. The maximum absolute atomic E-state index is 11.8. The largest absolute Gasteiger partial charge is 0.392 e. The Balaban J connectivity index is 3.11. The number of rotatable bonds is 3. The van der Waals surface area contributed by atoms with Crippen molar-refractivity contribution in [3.8, 4) is 6.07 Å². The molecule has 0 amide bonds. The van der Waals surface area contributed by atoms with Crippen molar-refractivity contribution < 1.29 is 4.79 Å². The van der Waals surface area contributed by atoms with E-state index in [1.54, 1.807) is 30.5 Å². The van der Waals surface area contributed by atoms with Gasteiger partial charge in [-0.25, -0.2) is 0 Å². The first-order chi connectivity index (χ1) is 7.20. The first kappa shape index (κ1) is 11.3. The van der Waals surface area contributed by atoms with Crippen molar-refractivity contribution >= 4 is 17.5 Å². The van der Waals surface area contributed by atoms with Gasteiger partial charge >= 0.3 is 0 Å². The third-order valence-corrected chi connectivity index (χ3v) is 2.49. The lowest BCUT2D eigenvalue weighted by atomic mass is 10.1. The molecule has 0 bridgehead atoms. The molecule has 1 rings (SSSR count). The average molecular weight is 218 g/mol. The van der Waals surface area contributed by atoms with Crippen molar-refractivity contribution in [2.75, 3.05) is 6.26 Å². The SMILES string of the molecule is CS/C(N)=C(/C#N)C(=O)c1ccccc1. The van der Waals surface area contributed by atoms with E-state index in [4.69, 9.17) is 11.0 Å². The summed E-state index contributed by atoms with van der Waals surface area (Å²) in [4.78, 5) is 11.8. The predicted molar refractivity (Wildman–Crippen MR) is 61.1 cm³/mol. The van der Waals surface area contributed by atoms with Crippen molar-refractivity contribution in [3.63, 3.8) is 0 Å². The van der Waals surface area contributed by atoms with Crippen molar-refractivity contribution in [2.24, 2.45) is 5.73 Å². The molecule has 0 unspecified atom stereocenters. The molecule has 15 heavy (non-hydrogen) atoms. The molecule has 0 aliphatic carbocycles. The summed E-state index contributed by atoms with van der Waals surface area (Å²) in [7, 11) is 0. The quantitative estimate of drug-likeness (QED) is 0.478. The standard InChI is InChI=1S/C11H10N2OS/c1-15-11(13)9(7-12)10(14)8-5-3-2-4-6-8/h2-6H,13H2,1H3/b11-9-. The van der Waals surface area contributed by atoms with Gasteiger partial charge in [-0.3, -0.25) is 4.79 Å². The fourth-order valence-corrected chi connectivity index (χ4v) is 1.40. The minimum Gasteiger partial charge on any atom is -0.392 e. The van der Waals surface area contributed by atoms with E-state index in [-0.39, 0.29) is 16.4 Å². The second kappa shape index (κ2) is 5.23. The number of nitrogens with two attached hydrogens (primary N) is 1. The van der Waals surface area contributed by atoms with Crippen LogP contribution >= 0.6 is 11.8 Å². The first-order valence-corrected chi connectivity index (χ1v) is 5.46. The number of hydrogen-bond donors (Lipinski definition) is 1. The van der Waals surface area contributed by atoms with Gasteiger partial charge in [-0.2, -0.15) is 5.26 Å². The van der Waals surface area contributed by atoms with Crippen molar-refractivity contribution in [1.82, 2.24) is 0 Å². The summed E-state index contributed by atoms with van der Waals surface area (Å²) in [5.41, 5.74) is 6.05. The Bertz CT molecular complexity index is 432. The van der Waals surface area contributed by atoms with Gasteiger partial charge in [0.25, 0.3) is 0 Å². The van der Waals surface area contributed by atoms with E-state index in [2.05, 4.69) is 0 Å². The fraction of sp³-hybridized carbons (Fsp3) is 0.0909. The molecule has 3 nitrogen and oxygen atoms in total. The molecule has 0 saturated carbocycles. The van der Waals surface area contributed by atoms with Gasteiger partial charge in [0.05, 0.1) is 5.03 Å². The molecule has 1 aromatic rings. The topological polar surface area (TPSA) is 66.9 Å². The van der Waals surface area contributed by atoms with Crippen molar-refractivity contribution in [3.05, 3.63) is 46.5 Å². The molecule has 0 aliphatic rings. The number of nitriles is 1. The third-order valence-electron chi connectivity index (χ3n) is 1.84. The number of ketones is 1. The highest BCUT2D eigenvalue weighted by Gasteiger charge is 2.14. The number of carbonyl (C=O) groups is 1. The van der Waals surface area contributed by atoms with Crippen LogP contribution in [0.3, 0.4) is 0 Å². The van der Waals surface area contributed by atoms with Gasteiger partial charge in [0.1, 0.15) is 11.6 Å². The number of Topliss-reactive ketones (excluding diaryl/α,β-unsaturated/α-hetero) is 1. The smallest absolute Gasteiger partial charge is 0.206 e. The number of nitrogens with zero attached hydrogens (tertiary/aromatic N) is 1. The molecule has 2 N–H and O–H groups in total. The zero-order valence-electron chi connectivity index (χ0n) is 8.23. The third kappa shape index (κ3) is 2.61. The van der Waals surface area contributed by atoms with Crippen molar-refractivity contribution in [1.29, 1.82) is 5.26 Å². The van der Waals surface area contributed by atoms with Crippen LogP contribution in [0.1, 0.15) is 10.4 Å². The highest BCUT2D eigenvalue weighted by atomic mass is 32.2. The van der Waals surface area contributed by atoms with Crippen LogP contribution in [-0.4, -0.2) is 12.0 Å². The zero-order valence-corrected chi connectivity index (χ0v) is 9.04. The predicted octanol–water partition coefficient (Wildman–Crippen LogP) is 1.93. The van der Waals surface area contributed by atoms with E-state index in [9.17, 15) is 4.79 Å². The minimum absolute atomic E-state index is 0.00806. The molecular formula is C11H10N2OS. The number of benzene rings is 1. The maximum Gasteiger partial charge on any atom is 0.206 e. The summed E-state index contributed by atoms with van der Waals surface area (Å²) < 4.78 is 0. The normalized spacial score (nSPS) is 11.5. The van der Waals surface area contributed by atoms with Crippen LogP contribution in [0.5, 0.6) is 0 Å². The summed E-state index contributed by atoms with van der Waals surface area (Å²) in [6.45, 7) is 0. The van der Waals surface area contributed by atoms with Crippen LogP contribution < -0.4 is 5.73 Å². The Hall–Kier alpha value is -1.73. The zero-order chi connectivity index (χ0) is 11.3. The molecule has 0 spiro atoms. The van der Waals surface area contributed by atoms with Gasteiger partial charge in [0.2, 0.25) is 5.78 Å². The van der Waals surface area contributed by atoms with Gasteiger partial charge in [-0.05, 0) is 6.26 Å². The van der Waals surface area contributed by atoms with Crippen LogP contribution in [-0.2, 0) is 0 Å². The van der Waals surface area contributed by atoms with Crippen LogP contribution in [0.15, 0.2) is 40.9 Å². The first-order valence-electron chi connectivity index (χ1n) is 4.24. The molecule has 0 aliphatic heterocycles. The van der Waals surface area contributed by atoms with Crippen LogP contribution in [0.2, 0.25) is 0 Å². The molecule has 0 heterocycles. The van der Waals surface area contributed by atoms with Crippen LogP contribution in [0.4, 0.5) is 0 Å². The van der Waals surface area contributed by atoms with Gasteiger partial charge in [-0.15, -0.1) is 11.8 Å². The van der Waals surface area contributed by atoms with Crippen LogP contribution in [0, 0.1) is 11.3 Å². The van der Waals surface area contributed by atoms with E-state index < -0.39 is 0 Å². The molecule has 0 aromatic heterocycles. The number of allylic oxidation sites excluding steroid dienone is 1. The van der Waals surface area contributed by atoms with E-state index in [0.717, 1.165) is 0 Å². The van der Waals surface area contributed by atoms with E-state index in [1.165, 1.54) is 11.8 Å². The summed E-state index contributed by atoms with van der Waals surface area (Å²) in [5, 5.41) is 9.09. The highest BCUT2D eigenvalue weighted by Crippen LogP contribution is 2.15. The Morgan fingerprint density at radius 3 is 2.47 bits per heavy atom. The van der Waals surface area contributed by atoms with E-state index >= 15 is 0 Å². The molecule has 4 heteroatoms. The minimum atomic E-state index is -0.329. The monoisotopic (exact) mass is 218 g/mol. The Kier molecular flexibility index (Phi) is 3.95. The maximum atomic E-state index is 11.8. The molecule has 0 saturated heterocycles. The van der Waals surface area contributed by atoms with Gasteiger partial charge < -0.3 is 5.73 Å². The van der Waals surface area contributed by atoms with E-state index in [1.807, 2.05) is 12.1 Å². The van der Waals surface area contributed by atoms with Crippen molar-refractivity contribution in [2.45, 2.75) is 0 Å². The van der Waals surface area contributed by atoms with Gasteiger partial charge in [-0.1, -0.05) is 30.3 Å². The lowest BCUT2D eigenvalue weighted by Crippen LogP contribution is -2.08. The number of hydrogen-bond acceptors (Lipinski definition) is 4. The molecule has 0 radical (unpaired) electrons. The Morgan fingerprint density at radius 2 is 2.00 bits per heavy atom. The molecule has 0 fully saturated rings. The van der Waals surface area contributed by atoms with Crippen LogP contribution in [0.25, 0.3) is 0 Å². The summed E-state index contributed by atoms with van der Waals surface area (Å²) in [6, 6.07) is 10.5. The van der Waals surface area contributed by atoms with E-state index in [0.29, 0.717) is 5.56 Å². The number of carbonyl (C=O) groups excluding carboxylic acids is 1.